The Morgan fingerprint density at radius 2 is 1.68 bits per heavy atom. The molecule has 1 unspecified atom stereocenters. The van der Waals surface area contributed by atoms with E-state index in [1.54, 1.807) is 24.3 Å². The molecule has 1 heterocycles. The number of aromatic hydroxyl groups is 1. The van der Waals surface area contributed by atoms with Gasteiger partial charge in [-0.1, -0.05) is 50.6 Å². The highest BCUT2D eigenvalue weighted by Gasteiger charge is 2.47. The fourth-order valence-corrected chi connectivity index (χ4v) is 4.68. The van der Waals surface area contributed by atoms with Crippen LogP contribution in [0.3, 0.4) is 0 Å². The van der Waals surface area contributed by atoms with Crippen LogP contribution in [0.25, 0.3) is 5.76 Å². The van der Waals surface area contributed by atoms with Gasteiger partial charge in [0.05, 0.1) is 29.3 Å². The van der Waals surface area contributed by atoms with Gasteiger partial charge in [0.1, 0.15) is 17.3 Å². The van der Waals surface area contributed by atoms with Gasteiger partial charge in [0.25, 0.3) is 11.7 Å². The Morgan fingerprint density at radius 1 is 0.973 bits per heavy atom. The quantitative estimate of drug-likeness (QED) is 0.230. The van der Waals surface area contributed by atoms with Crippen molar-refractivity contribution in [1.29, 1.82) is 0 Å². The van der Waals surface area contributed by atoms with Crippen molar-refractivity contribution in [3.63, 3.8) is 0 Å². The molecule has 4 rings (SSSR count). The maximum Gasteiger partial charge on any atom is 0.300 e. The number of aliphatic hydroxyl groups is 1. The summed E-state index contributed by atoms with van der Waals surface area (Å²) in [6.07, 6.45) is 0. The molecule has 0 spiro atoms. The van der Waals surface area contributed by atoms with Gasteiger partial charge >= 0.3 is 0 Å². The van der Waals surface area contributed by atoms with Crippen LogP contribution in [0.1, 0.15) is 54.6 Å². The first-order chi connectivity index (χ1) is 17.3. The Balaban J connectivity index is 2.02. The van der Waals surface area contributed by atoms with Gasteiger partial charge in [0, 0.05) is 5.69 Å². The number of amides is 1. The van der Waals surface area contributed by atoms with Crippen LogP contribution in [0, 0.1) is 13.8 Å². The standard InChI is InChI=1S/C30H30ClNO5/c1-16-7-10-20(13-17(16)2)32-26(18-8-11-23(33)22(31)14-18)25(28(35)29(32)36)27(34)21-15-19(30(3,4)5)9-12-24(21)37-6/h7-15,26,33-34H,1-6H3/b27-25+. The summed E-state index contributed by atoms with van der Waals surface area (Å²) in [5.74, 6) is -1.71. The summed E-state index contributed by atoms with van der Waals surface area (Å²) < 4.78 is 5.51. The SMILES string of the molecule is COc1ccc(C(C)(C)C)cc1/C(O)=C1\C(=O)C(=O)N(c2ccc(C)c(C)c2)C1c1ccc(O)c(Cl)c1. The van der Waals surface area contributed by atoms with Gasteiger partial charge in [-0.25, -0.2) is 0 Å². The van der Waals surface area contributed by atoms with E-state index in [1.807, 2.05) is 52.8 Å². The number of methoxy groups -OCH3 is 1. The van der Waals surface area contributed by atoms with Crippen molar-refractivity contribution < 1.29 is 24.5 Å². The number of carbonyl (C=O) groups excluding carboxylic acids is 2. The van der Waals surface area contributed by atoms with E-state index >= 15 is 0 Å². The number of benzene rings is 3. The molecule has 1 amide bonds. The molecule has 1 aliphatic rings. The van der Waals surface area contributed by atoms with Crippen LogP contribution in [0.15, 0.2) is 60.2 Å². The van der Waals surface area contributed by atoms with Crippen molar-refractivity contribution in [1.82, 2.24) is 0 Å². The van der Waals surface area contributed by atoms with Gasteiger partial charge in [-0.3, -0.25) is 14.5 Å². The van der Waals surface area contributed by atoms with Crippen LogP contribution >= 0.6 is 11.6 Å². The van der Waals surface area contributed by atoms with Crippen molar-refractivity contribution in [2.75, 3.05) is 12.0 Å². The van der Waals surface area contributed by atoms with Crippen LogP contribution in [0.2, 0.25) is 5.02 Å². The largest absolute Gasteiger partial charge is 0.507 e. The number of phenolic OH excluding ortho intramolecular Hbond substituents is 1. The van der Waals surface area contributed by atoms with Gasteiger partial charge in [0.15, 0.2) is 0 Å². The first-order valence-corrected chi connectivity index (χ1v) is 12.3. The highest BCUT2D eigenvalue weighted by molar-refractivity contribution is 6.51. The van der Waals surface area contributed by atoms with E-state index in [9.17, 15) is 19.8 Å². The second-order valence-corrected chi connectivity index (χ2v) is 10.7. The van der Waals surface area contributed by atoms with Crippen molar-refractivity contribution in [3.05, 3.63) is 93.0 Å². The lowest BCUT2D eigenvalue weighted by Crippen LogP contribution is -2.29. The van der Waals surface area contributed by atoms with Crippen LogP contribution in [0.4, 0.5) is 5.69 Å². The lowest BCUT2D eigenvalue weighted by atomic mass is 9.85. The molecule has 0 radical (unpaired) electrons. The Labute approximate surface area is 221 Å². The van der Waals surface area contributed by atoms with Crippen LogP contribution < -0.4 is 9.64 Å². The Kier molecular flexibility index (Phi) is 6.82. The average molecular weight is 520 g/mol. The van der Waals surface area contributed by atoms with Crippen molar-refractivity contribution in [3.8, 4) is 11.5 Å². The summed E-state index contributed by atoms with van der Waals surface area (Å²) in [6, 6.07) is 14.4. The zero-order chi connectivity index (χ0) is 27.2. The summed E-state index contributed by atoms with van der Waals surface area (Å²) in [4.78, 5) is 28.4. The van der Waals surface area contributed by atoms with Gasteiger partial charge in [0.2, 0.25) is 0 Å². The van der Waals surface area contributed by atoms with E-state index in [0.29, 0.717) is 22.6 Å². The number of aliphatic hydroxyl groups excluding tert-OH is 1. The number of aryl methyl sites for hydroxylation is 2. The molecule has 0 bridgehead atoms. The van der Waals surface area contributed by atoms with Gasteiger partial charge in [-0.05, 0) is 77.9 Å². The molecule has 7 heteroatoms. The molecule has 0 aliphatic carbocycles. The van der Waals surface area contributed by atoms with Crippen LogP contribution in [0.5, 0.6) is 11.5 Å². The zero-order valence-corrected chi connectivity index (χ0v) is 22.5. The van der Waals surface area contributed by atoms with Crippen molar-refractivity contribution in [2.45, 2.75) is 46.1 Å². The Bertz CT molecular complexity index is 1450. The number of phenols is 1. The fourth-order valence-electron chi connectivity index (χ4n) is 4.49. The topological polar surface area (TPSA) is 87.1 Å². The third-order valence-electron chi connectivity index (χ3n) is 6.82. The molecule has 6 nitrogen and oxygen atoms in total. The van der Waals surface area contributed by atoms with Gasteiger partial charge in [-0.15, -0.1) is 0 Å². The number of ether oxygens (including phenoxy) is 1. The molecular weight excluding hydrogens is 490 g/mol. The van der Waals surface area contributed by atoms with E-state index in [1.165, 1.54) is 24.1 Å². The summed E-state index contributed by atoms with van der Waals surface area (Å²) >= 11 is 6.23. The maximum absolute atomic E-state index is 13.5. The molecule has 1 aliphatic heterocycles. The molecule has 1 atom stereocenters. The highest BCUT2D eigenvalue weighted by Crippen LogP contribution is 2.45. The first-order valence-electron chi connectivity index (χ1n) is 11.9. The predicted molar refractivity (Wildman–Crippen MR) is 146 cm³/mol. The van der Waals surface area contributed by atoms with E-state index in [4.69, 9.17) is 16.3 Å². The molecule has 37 heavy (non-hydrogen) atoms. The summed E-state index contributed by atoms with van der Waals surface area (Å²) in [5.41, 5.74) is 3.85. The number of halogens is 1. The molecule has 192 valence electrons. The maximum atomic E-state index is 13.5. The average Bonchev–Trinajstić information content (AvgIpc) is 3.11. The molecule has 0 saturated carbocycles. The number of carbonyl (C=O) groups is 2. The molecule has 3 aromatic rings. The van der Waals surface area contributed by atoms with Crippen LogP contribution in [-0.2, 0) is 15.0 Å². The van der Waals surface area contributed by atoms with Crippen molar-refractivity contribution >= 4 is 34.7 Å². The van der Waals surface area contributed by atoms with Gasteiger partial charge in [-0.2, -0.15) is 0 Å². The third kappa shape index (κ3) is 4.69. The normalized spacial score (nSPS) is 17.4. The monoisotopic (exact) mass is 519 g/mol. The van der Waals surface area contributed by atoms with E-state index in [2.05, 4.69) is 0 Å². The van der Waals surface area contributed by atoms with Crippen molar-refractivity contribution in [2.24, 2.45) is 0 Å². The second kappa shape index (κ2) is 9.60. The highest BCUT2D eigenvalue weighted by atomic mass is 35.5. The number of rotatable bonds is 4. The Hall–Kier alpha value is -3.77. The summed E-state index contributed by atoms with van der Waals surface area (Å²) in [6.45, 7) is 9.99. The number of hydrogen-bond donors (Lipinski definition) is 2. The number of anilines is 1. The van der Waals surface area contributed by atoms with Gasteiger partial charge < -0.3 is 14.9 Å². The molecule has 3 aromatic carbocycles. The third-order valence-corrected chi connectivity index (χ3v) is 7.12. The first kappa shape index (κ1) is 26.3. The van der Waals surface area contributed by atoms with E-state index in [-0.39, 0.29) is 27.5 Å². The molecule has 0 aromatic heterocycles. The second-order valence-electron chi connectivity index (χ2n) is 10.3. The molecule has 1 fully saturated rings. The van der Waals surface area contributed by atoms with Crippen LogP contribution in [-0.4, -0.2) is 29.0 Å². The minimum absolute atomic E-state index is 0.0653. The lowest BCUT2D eigenvalue weighted by molar-refractivity contribution is -0.132. The minimum Gasteiger partial charge on any atom is -0.507 e. The van der Waals surface area contributed by atoms with E-state index < -0.39 is 17.7 Å². The molecular formula is C30H30ClNO5. The molecule has 2 N–H and O–H groups in total. The Morgan fingerprint density at radius 3 is 2.27 bits per heavy atom. The fraction of sp³-hybridized carbons (Fsp3) is 0.267. The summed E-state index contributed by atoms with van der Waals surface area (Å²) in [7, 11) is 1.48. The zero-order valence-electron chi connectivity index (χ0n) is 21.7. The molecule has 1 saturated heterocycles. The number of ketones is 1. The lowest BCUT2D eigenvalue weighted by Gasteiger charge is -2.26. The van der Waals surface area contributed by atoms with E-state index in [0.717, 1.165) is 16.7 Å². The summed E-state index contributed by atoms with van der Waals surface area (Å²) in [5, 5.41) is 21.7. The number of nitrogens with zero attached hydrogens (tertiary/aromatic N) is 1. The smallest absolute Gasteiger partial charge is 0.300 e. The number of hydrogen-bond acceptors (Lipinski definition) is 5. The number of Topliss-reactive ketones (excluding diaryl/α,β-unsaturated/α-hetero) is 1. The minimum atomic E-state index is -0.983. The predicted octanol–water partition coefficient (Wildman–Crippen LogP) is 6.59.